The number of rotatable bonds is 4. The van der Waals surface area contributed by atoms with Crippen molar-refractivity contribution >= 4 is 41.6 Å². The van der Waals surface area contributed by atoms with Crippen LogP contribution < -0.4 is 6.15 Å². The van der Waals surface area contributed by atoms with Crippen LogP contribution in [0.5, 0.6) is 0 Å². The third-order valence-electron chi connectivity index (χ3n) is 0.333. The van der Waals surface area contributed by atoms with Crippen molar-refractivity contribution in [3.63, 3.8) is 0 Å². The first-order valence-electron chi connectivity index (χ1n) is 2.67. The van der Waals surface area contributed by atoms with Gasteiger partial charge >= 0.3 is 35.6 Å². The van der Waals surface area contributed by atoms with E-state index in [0.717, 1.165) is 0 Å². The Kier molecular flexibility index (Phi) is 13.9. The molecule has 120 valence electrons. The van der Waals surface area contributed by atoms with Crippen molar-refractivity contribution in [3.05, 3.63) is 0 Å². The second kappa shape index (κ2) is 9.68. The summed E-state index contributed by atoms with van der Waals surface area (Å²) in [4.78, 5) is 0. The molecule has 0 aromatic rings. The topological polar surface area (TPSA) is 284 Å². The molecule has 4 N–H and O–H groups in total. The Balaban J connectivity index is -0.000000116. The molecule has 0 saturated carbocycles. The molecule has 0 aromatic carbocycles. The van der Waals surface area contributed by atoms with Crippen LogP contribution >= 0.6 is 0 Å². The van der Waals surface area contributed by atoms with Crippen LogP contribution in [0.4, 0.5) is 0 Å². The fraction of sp³-hybridized carbons (Fsp3) is 0. The quantitative estimate of drug-likeness (QED) is 0.281. The SMILES string of the molecule is O=S(=O)([O-])OS(=O)(=O)[O-].O=S(=O)([O-])OS(=O)(=O)[O-].[La+3].[NH4+]. The molecular weight excluding hydrogens is 505 g/mol. The van der Waals surface area contributed by atoms with Crippen LogP contribution in [0.1, 0.15) is 0 Å². The fourth-order valence-corrected chi connectivity index (χ4v) is 1.84. The normalized spacial score (nSPS) is 12.2. The maximum atomic E-state index is 9.29. The molecule has 0 bridgehead atoms. The van der Waals surface area contributed by atoms with Gasteiger partial charge in [-0.15, -0.1) is 0 Å². The predicted octanol–water partition coefficient (Wildman–Crippen LogP) is -3.78. The van der Waals surface area contributed by atoms with Gasteiger partial charge in [0.2, 0.25) is 41.6 Å². The maximum Gasteiger partial charge on any atom is 3.00 e. The summed E-state index contributed by atoms with van der Waals surface area (Å²) in [7, 11) is -21.7. The smallest absolute Gasteiger partial charge is 0.725 e. The van der Waals surface area contributed by atoms with E-state index in [1.807, 2.05) is 0 Å². The molecule has 0 saturated heterocycles. The van der Waals surface area contributed by atoms with Gasteiger partial charge in [0, 0.05) is 0 Å². The van der Waals surface area contributed by atoms with Gasteiger partial charge in [-0.1, -0.05) is 0 Å². The molecule has 0 amide bonds. The van der Waals surface area contributed by atoms with Gasteiger partial charge in [-0.2, -0.15) is 7.26 Å². The Morgan fingerprint density at radius 2 is 0.600 bits per heavy atom. The summed E-state index contributed by atoms with van der Waals surface area (Å²) >= 11 is 0. The van der Waals surface area contributed by atoms with Gasteiger partial charge in [0.25, 0.3) is 0 Å². The number of hydrogen-bond donors (Lipinski definition) is 1. The molecule has 20 heteroatoms. The van der Waals surface area contributed by atoms with Crippen LogP contribution in [0.25, 0.3) is 0 Å². The van der Waals surface area contributed by atoms with Gasteiger partial charge < -0.3 is 24.4 Å². The summed E-state index contributed by atoms with van der Waals surface area (Å²) in [5.41, 5.74) is 0. The van der Waals surface area contributed by atoms with E-state index >= 15 is 0 Å². The molecule has 0 fully saturated rings. The van der Waals surface area contributed by atoms with Crippen LogP contribution in [0.2, 0.25) is 0 Å². The van der Waals surface area contributed by atoms with Crippen molar-refractivity contribution in [3.8, 4) is 0 Å². The average Bonchev–Trinajstić information content (AvgIpc) is 1.64. The van der Waals surface area contributed by atoms with E-state index in [9.17, 15) is 51.9 Å². The van der Waals surface area contributed by atoms with E-state index in [4.69, 9.17) is 0 Å². The molecule has 0 spiro atoms. The molecule has 0 atom stereocenters. The van der Waals surface area contributed by atoms with Crippen LogP contribution in [-0.4, -0.2) is 51.9 Å². The summed E-state index contributed by atoms with van der Waals surface area (Å²) in [6, 6.07) is 0. The van der Waals surface area contributed by atoms with E-state index in [1.165, 1.54) is 0 Å². The van der Waals surface area contributed by atoms with E-state index in [2.05, 4.69) is 7.26 Å². The summed E-state index contributed by atoms with van der Waals surface area (Å²) in [5, 5.41) is 0. The molecule has 20 heavy (non-hydrogen) atoms. The zero-order valence-corrected chi connectivity index (χ0v) is 15.8. The Hall–Kier alpha value is 0.715. The van der Waals surface area contributed by atoms with Gasteiger partial charge in [-0.25, -0.2) is 33.7 Å². The second-order valence-corrected chi connectivity index (χ2v) is 6.12. The Labute approximate surface area is 141 Å². The van der Waals surface area contributed by atoms with Crippen molar-refractivity contribution in [2.75, 3.05) is 0 Å². The minimum atomic E-state index is -5.43. The van der Waals surface area contributed by atoms with Crippen LogP contribution in [0.15, 0.2) is 0 Å². The first-order valence-corrected chi connectivity index (χ1v) is 8.00. The molecular formula is H4LaNO14S4. The van der Waals surface area contributed by atoms with Gasteiger partial charge in [0.1, 0.15) is 0 Å². The van der Waals surface area contributed by atoms with Crippen LogP contribution in [-0.2, 0) is 48.9 Å². The van der Waals surface area contributed by atoms with Crippen LogP contribution in [0, 0.1) is 35.6 Å². The van der Waals surface area contributed by atoms with Crippen molar-refractivity contribution in [2.45, 2.75) is 0 Å². The standard InChI is InChI=1S/La.H3N.2H2O7S2/c;;2*1-8(2,3)7-9(4,5)6/h;1H3;2*(H,1,2,3)(H,4,5,6)/q+3;;;/p-3. The molecule has 15 nitrogen and oxygen atoms in total. The summed E-state index contributed by atoms with van der Waals surface area (Å²) in [6.45, 7) is 0. The van der Waals surface area contributed by atoms with Crippen molar-refractivity contribution in [1.82, 2.24) is 6.15 Å². The molecule has 0 aliphatic rings. The number of quaternary nitrogens is 1. The first-order chi connectivity index (χ1) is 7.41. The number of hydrogen-bond acceptors (Lipinski definition) is 14. The molecule has 0 aliphatic carbocycles. The van der Waals surface area contributed by atoms with E-state index < -0.39 is 41.6 Å². The van der Waals surface area contributed by atoms with Gasteiger partial charge in [-0.3, -0.25) is 0 Å². The molecule has 0 aromatic heterocycles. The molecule has 0 aliphatic heterocycles. The minimum Gasteiger partial charge on any atom is -0.725 e. The molecule has 0 heterocycles. The third kappa shape index (κ3) is 36.3. The zero-order valence-electron chi connectivity index (χ0n) is 8.93. The van der Waals surface area contributed by atoms with Gasteiger partial charge in [0.05, 0.1) is 0 Å². The molecule has 0 rings (SSSR count). The predicted molar refractivity (Wildman–Crippen MR) is 46.9 cm³/mol. The summed E-state index contributed by atoms with van der Waals surface area (Å²) in [5.74, 6) is 0. The van der Waals surface area contributed by atoms with E-state index in [0.29, 0.717) is 0 Å². The summed E-state index contributed by atoms with van der Waals surface area (Å²) in [6.07, 6.45) is 0. The van der Waals surface area contributed by atoms with E-state index in [1.54, 1.807) is 0 Å². The van der Waals surface area contributed by atoms with Crippen LogP contribution in [0.3, 0.4) is 0 Å². The molecule has 0 unspecified atom stereocenters. The largest absolute Gasteiger partial charge is 3.00 e. The average molecular weight is 509 g/mol. The second-order valence-electron chi connectivity index (χ2n) is 1.77. The first kappa shape index (κ1) is 28.8. The van der Waals surface area contributed by atoms with E-state index in [-0.39, 0.29) is 41.7 Å². The fourth-order valence-electron chi connectivity index (χ4n) is 0.204. The zero-order chi connectivity index (χ0) is 15.4. The Morgan fingerprint density at radius 1 is 0.500 bits per heavy atom. The Bertz CT molecular complexity index is 537. The Morgan fingerprint density at radius 3 is 0.600 bits per heavy atom. The van der Waals surface area contributed by atoms with Gasteiger partial charge in [0.15, 0.2) is 0 Å². The third-order valence-corrected chi connectivity index (χ3v) is 3.00. The molecule has 0 radical (unpaired) electrons. The van der Waals surface area contributed by atoms with Crippen molar-refractivity contribution < 1.29 is 94.7 Å². The summed E-state index contributed by atoms with van der Waals surface area (Å²) < 4.78 is 116. The van der Waals surface area contributed by atoms with Gasteiger partial charge in [-0.05, 0) is 0 Å². The monoisotopic (exact) mass is 509 g/mol. The minimum absolute atomic E-state index is 0. The van der Waals surface area contributed by atoms with Crippen molar-refractivity contribution in [1.29, 1.82) is 0 Å². The van der Waals surface area contributed by atoms with Crippen molar-refractivity contribution in [2.24, 2.45) is 0 Å². The maximum absolute atomic E-state index is 9.29.